The van der Waals surface area contributed by atoms with Gasteiger partial charge in [-0.05, 0) is 19.1 Å². The van der Waals surface area contributed by atoms with E-state index in [2.05, 4.69) is 0 Å². The molecule has 0 amide bonds. The average Bonchev–Trinajstić information content (AvgIpc) is 3.14. The second-order valence-corrected chi connectivity index (χ2v) is 6.38. The maximum atomic E-state index is 12.7. The summed E-state index contributed by atoms with van der Waals surface area (Å²) in [6, 6.07) is 11.4. The van der Waals surface area contributed by atoms with Crippen LogP contribution in [0.4, 0.5) is 0 Å². The summed E-state index contributed by atoms with van der Waals surface area (Å²) in [5, 5.41) is 19.2. The topological polar surface area (TPSA) is 82.7 Å². The predicted octanol–water partition coefficient (Wildman–Crippen LogP) is 2.26. The van der Waals surface area contributed by atoms with Gasteiger partial charge >= 0.3 is 0 Å². The number of nitriles is 2. The summed E-state index contributed by atoms with van der Waals surface area (Å²) in [4.78, 5) is 12.7. The third kappa shape index (κ3) is 2.77. The Morgan fingerprint density at radius 2 is 2.00 bits per heavy atom. The minimum Gasteiger partial charge on any atom is -0.460 e. The fraction of sp³-hybridized carbons (Fsp3) is 0.211. The smallest absolute Gasteiger partial charge is 0.269 e. The lowest BCUT2D eigenvalue weighted by Gasteiger charge is -1.93. The van der Waals surface area contributed by atoms with Gasteiger partial charge in [-0.15, -0.1) is 11.3 Å². The molecule has 6 heteroatoms. The molecule has 3 rings (SSSR count). The number of hydrogen-bond acceptors (Lipinski definition) is 5. The zero-order valence-electron chi connectivity index (χ0n) is 13.9. The first kappa shape index (κ1) is 16.8. The SMILES string of the molecule is CCc1oc2ccccc2c1C=c1sc(=C(C#N)C#N)n(CC)c1=O. The first-order chi connectivity index (χ1) is 12.1. The molecule has 5 nitrogen and oxygen atoms in total. The third-order valence-electron chi connectivity index (χ3n) is 3.97. The molecule has 0 saturated heterocycles. The van der Waals surface area contributed by atoms with E-state index < -0.39 is 0 Å². The first-order valence-electron chi connectivity index (χ1n) is 7.90. The Morgan fingerprint density at radius 3 is 2.64 bits per heavy atom. The summed E-state index contributed by atoms with van der Waals surface area (Å²) < 4.78 is 8.22. The standard InChI is InChI=1S/C19H15N3O2S/c1-3-15-14(13-7-5-6-8-16(13)24-15)9-17-18(23)22(4-2)19(25-17)12(10-20)11-21/h5-9H,3-4H2,1-2H3. The number of para-hydroxylation sites is 1. The van der Waals surface area contributed by atoms with Gasteiger partial charge in [0.2, 0.25) is 0 Å². The Bertz CT molecular complexity index is 1200. The number of rotatable bonds is 3. The molecule has 124 valence electrons. The van der Waals surface area contributed by atoms with Gasteiger partial charge in [-0.3, -0.25) is 9.36 Å². The van der Waals surface area contributed by atoms with Gasteiger partial charge < -0.3 is 4.42 Å². The van der Waals surface area contributed by atoms with Crippen LogP contribution in [0.2, 0.25) is 0 Å². The Hall–Kier alpha value is -3.09. The summed E-state index contributed by atoms with van der Waals surface area (Å²) in [5.41, 5.74) is 1.41. The van der Waals surface area contributed by atoms with E-state index in [4.69, 9.17) is 14.9 Å². The number of furan rings is 1. The highest BCUT2D eigenvalue weighted by molar-refractivity contribution is 7.07. The number of nitrogens with zero attached hydrogens (tertiary/aromatic N) is 3. The van der Waals surface area contributed by atoms with Crippen molar-refractivity contribution >= 4 is 34.0 Å². The summed E-state index contributed by atoms with van der Waals surface area (Å²) >= 11 is 1.17. The van der Waals surface area contributed by atoms with Crippen LogP contribution in [0.3, 0.4) is 0 Å². The molecule has 0 aliphatic heterocycles. The monoisotopic (exact) mass is 349 g/mol. The van der Waals surface area contributed by atoms with E-state index in [1.165, 1.54) is 15.9 Å². The van der Waals surface area contributed by atoms with Crippen molar-refractivity contribution in [1.29, 1.82) is 10.5 Å². The molecular formula is C19H15N3O2S. The molecule has 0 spiro atoms. The number of aryl methyl sites for hydroxylation is 1. The Labute approximate surface area is 148 Å². The van der Waals surface area contributed by atoms with Gasteiger partial charge in [0.05, 0.1) is 4.53 Å². The molecule has 0 unspecified atom stereocenters. The molecule has 0 aliphatic rings. The highest BCUT2D eigenvalue weighted by Crippen LogP contribution is 2.26. The summed E-state index contributed by atoms with van der Waals surface area (Å²) in [7, 11) is 0. The van der Waals surface area contributed by atoms with E-state index in [0.717, 1.165) is 22.3 Å². The Balaban J connectivity index is 2.40. The van der Waals surface area contributed by atoms with Crippen LogP contribution in [0, 0.1) is 22.7 Å². The molecule has 2 aromatic heterocycles. The second-order valence-electron chi connectivity index (χ2n) is 5.35. The molecule has 0 N–H and O–H groups in total. The van der Waals surface area contributed by atoms with Crippen LogP contribution >= 0.6 is 11.3 Å². The quantitative estimate of drug-likeness (QED) is 0.726. The van der Waals surface area contributed by atoms with Crippen molar-refractivity contribution in [2.75, 3.05) is 0 Å². The van der Waals surface area contributed by atoms with Gasteiger partial charge in [0.15, 0.2) is 5.57 Å². The molecule has 0 atom stereocenters. The molecule has 0 radical (unpaired) electrons. The van der Waals surface area contributed by atoms with Crippen LogP contribution in [-0.4, -0.2) is 4.57 Å². The summed E-state index contributed by atoms with van der Waals surface area (Å²) in [5.74, 6) is 0.809. The van der Waals surface area contributed by atoms with Crippen molar-refractivity contribution in [3.05, 3.63) is 55.1 Å². The van der Waals surface area contributed by atoms with E-state index in [0.29, 0.717) is 22.2 Å². The lowest BCUT2D eigenvalue weighted by Crippen LogP contribution is -2.31. The molecule has 3 aromatic rings. The summed E-state index contributed by atoms with van der Waals surface area (Å²) in [6.07, 6.45) is 2.51. The maximum absolute atomic E-state index is 12.7. The number of thiazole rings is 1. The molecule has 1 aromatic carbocycles. The zero-order chi connectivity index (χ0) is 18.0. The fourth-order valence-corrected chi connectivity index (χ4v) is 3.88. The molecule has 0 aliphatic carbocycles. The van der Waals surface area contributed by atoms with Crippen molar-refractivity contribution in [2.24, 2.45) is 0 Å². The lowest BCUT2D eigenvalue weighted by atomic mass is 10.1. The van der Waals surface area contributed by atoms with Crippen LogP contribution in [0.1, 0.15) is 25.2 Å². The van der Waals surface area contributed by atoms with Gasteiger partial charge in [-0.25, -0.2) is 0 Å². The van der Waals surface area contributed by atoms with Crippen molar-refractivity contribution < 1.29 is 4.42 Å². The molecule has 0 fully saturated rings. The average molecular weight is 349 g/mol. The van der Waals surface area contributed by atoms with E-state index >= 15 is 0 Å². The number of benzene rings is 1. The maximum Gasteiger partial charge on any atom is 0.269 e. The number of hydrogen-bond donors (Lipinski definition) is 0. The molecule has 2 heterocycles. The van der Waals surface area contributed by atoms with E-state index in [-0.39, 0.29) is 11.1 Å². The lowest BCUT2D eigenvalue weighted by molar-refractivity contribution is 0.556. The third-order valence-corrected chi connectivity index (χ3v) is 5.10. The van der Waals surface area contributed by atoms with Crippen molar-refractivity contribution in [2.45, 2.75) is 26.8 Å². The van der Waals surface area contributed by atoms with E-state index in [1.54, 1.807) is 6.08 Å². The minimum atomic E-state index is -0.196. The fourth-order valence-electron chi connectivity index (χ4n) is 2.78. The first-order valence-corrected chi connectivity index (χ1v) is 8.72. The van der Waals surface area contributed by atoms with Crippen molar-refractivity contribution in [3.8, 4) is 12.1 Å². The summed E-state index contributed by atoms with van der Waals surface area (Å²) in [6.45, 7) is 4.22. The van der Waals surface area contributed by atoms with Gasteiger partial charge in [0, 0.05) is 23.9 Å². The number of fused-ring (bicyclic) bond motifs is 1. The van der Waals surface area contributed by atoms with Crippen LogP contribution in [-0.2, 0) is 13.0 Å². The van der Waals surface area contributed by atoms with Crippen molar-refractivity contribution in [1.82, 2.24) is 4.57 Å². The van der Waals surface area contributed by atoms with E-state index in [1.807, 2.05) is 50.3 Å². The zero-order valence-corrected chi connectivity index (χ0v) is 14.7. The molecule has 25 heavy (non-hydrogen) atoms. The van der Waals surface area contributed by atoms with Gasteiger partial charge in [0.25, 0.3) is 5.56 Å². The predicted molar refractivity (Wildman–Crippen MR) is 97.3 cm³/mol. The van der Waals surface area contributed by atoms with Crippen LogP contribution < -0.4 is 14.8 Å². The van der Waals surface area contributed by atoms with Crippen molar-refractivity contribution in [3.63, 3.8) is 0 Å². The highest BCUT2D eigenvalue weighted by atomic mass is 32.1. The molecular weight excluding hydrogens is 334 g/mol. The Kier molecular flexibility index (Phi) is 4.56. The molecule has 0 bridgehead atoms. The number of aromatic nitrogens is 1. The Morgan fingerprint density at radius 1 is 1.28 bits per heavy atom. The van der Waals surface area contributed by atoms with Gasteiger partial charge in [0.1, 0.15) is 28.1 Å². The second kappa shape index (κ2) is 6.80. The van der Waals surface area contributed by atoms with E-state index in [9.17, 15) is 4.79 Å². The van der Waals surface area contributed by atoms with Gasteiger partial charge in [-0.1, -0.05) is 25.1 Å². The minimum absolute atomic E-state index is 0.0450. The normalized spacial score (nSPS) is 11.4. The van der Waals surface area contributed by atoms with Crippen LogP contribution in [0.15, 0.2) is 33.5 Å². The van der Waals surface area contributed by atoms with Crippen LogP contribution in [0.25, 0.3) is 22.6 Å². The van der Waals surface area contributed by atoms with Gasteiger partial charge in [-0.2, -0.15) is 10.5 Å². The largest absolute Gasteiger partial charge is 0.460 e. The highest BCUT2D eigenvalue weighted by Gasteiger charge is 2.13. The molecule has 0 saturated carbocycles. The van der Waals surface area contributed by atoms with Crippen LogP contribution in [0.5, 0.6) is 0 Å².